The van der Waals surface area contributed by atoms with Gasteiger partial charge in [0.1, 0.15) is 5.76 Å². The average Bonchev–Trinajstić information content (AvgIpc) is 2.88. The molecule has 1 unspecified atom stereocenters. The van der Waals surface area contributed by atoms with Crippen molar-refractivity contribution in [3.05, 3.63) is 43.9 Å². The van der Waals surface area contributed by atoms with Gasteiger partial charge in [0.2, 0.25) is 0 Å². The Kier molecular flexibility index (Phi) is 4.68. The molecule has 0 aliphatic heterocycles. The molecule has 0 aliphatic rings. The average molecular weight is 335 g/mol. The third kappa shape index (κ3) is 3.35. The first kappa shape index (κ1) is 13.1. The van der Waals surface area contributed by atoms with Crippen molar-refractivity contribution in [1.29, 1.82) is 0 Å². The van der Waals surface area contributed by atoms with Gasteiger partial charge in [0.05, 0.1) is 6.04 Å². The maximum atomic E-state index is 5.82. The maximum Gasteiger partial charge on any atom is 0.193 e. The van der Waals surface area contributed by atoms with Crippen molar-refractivity contribution in [2.45, 2.75) is 19.4 Å². The Bertz CT molecular complexity index is 482. The lowest BCUT2D eigenvalue weighted by atomic mass is 10.1. The third-order valence-electron chi connectivity index (χ3n) is 2.47. The fourth-order valence-electron chi connectivity index (χ4n) is 1.69. The molecule has 2 rings (SSSR count). The van der Waals surface area contributed by atoms with Crippen molar-refractivity contribution in [2.75, 3.05) is 6.54 Å². The molecular formula is C12H13BrClNOS. The molecule has 1 atom stereocenters. The number of nitrogens with one attached hydrogen (secondary N) is 1. The number of thiophene rings is 1. The smallest absolute Gasteiger partial charge is 0.193 e. The standard InChI is InChI=1S/C12H13BrClNOS/c1-2-15-9(10-3-4-12(14)16-10)7-11-8(13)5-6-17-11/h3-6,9,15H,2,7H2,1H3. The molecular weight excluding hydrogens is 322 g/mol. The van der Waals surface area contributed by atoms with Gasteiger partial charge in [-0.15, -0.1) is 11.3 Å². The van der Waals surface area contributed by atoms with Gasteiger partial charge < -0.3 is 9.73 Å². The van der Waals surface area contributed by atoms with Gasteiger partial charge >= 0.3 is 0 Å². The molecule has 2 aromatic rings. The Morgan fingerprint density at radius 2 is 2.29 bits per heavy atom. The van der Waals surface area contributed by atoms with Crippen LogP contribution < -0.4 is 5.32 Å². The Hall–Kier alpha value is -0.290. The Morgan fingerprint density at radius 1 is 1.47 bits per heavy atom. The molecule has 0 aromatic carbocycles. The van der Waals surface area contributed by atoms with Gasteiger partial charge in [-0.2, -0.15) is 0 Å². The van der Waals surface area contributed by atoms with E-state index in [0.717, 1.165) is 23.2 Å². The van der Waals surface area contributed by atoms with Gasteiger partial charge in [0.15, 0.2) is 5.22 Å². The monoisotopic (exact) mass is 333 g/mol. The SMILES string of the molecule is CCNC(Cc1sccc1Br)c1ccc(Cl)o1. The van der Waals surface area contributed by atoms with Gasteiger partial charge in [-0.25, -0.2) is 0 Å². The summed E-state index contributed by atoms with van der Waals surface area (Å²) in [6.07, 6.45) is 0.899. The third-order valence-corrected chi connectivity index (χ3v) is 4.62. The minimum Gasteiger partial charge on any atom is -0.448 e. The van der Waals surface area contributed by atoms with E-state index in [-0.39, 0.29) is 6.04 Å². The number of halogens is 2. The lowest BCUT2D eigenvalue weighted by Gasteiger charge is -2.14. The van der Waals surface area contributed by atoms with Crippen molar-refractivity contribution in [3.8, 4) is 0 Å². The summed E-state index contributed by atoms with van der Waals surface area (Å²) in [5, 5.41) is 5.93. The van der Waals surface area contributed by atoms with E-state index in [1.54, 1.807) is 17.4 Å². The molecule has 0 radical (unpaired) electrons. The van der Waals surface area contributed by atoms with Gasteiger partial charge in [-0.3, -0.25) is 0 Å². The van der Waals surface area contributed by atoms with Gasteiger partial charge in [0.25, 0.3) is 0 Å². The fourth-order valence-corrected chi connectivity index (χ4v) is 3.40. The zero-order valence-electron chi connectivity index (χ0n) is 9.37. The van der Waals surface area contributed by atoms with Crippen molar-refractivity contribution in [3.63, 3.8) is 0 Å². The van der Waals surface area contributed by atoms with Gasteiger partial charge in [-0.1, -0.05) is 6.92 Å². The van der Waals surface area contributed by atoms with Crippen LogP contribution in [0.4, 0.5) is 0 Å². The van der Waals surface area contributed by atoms with Crippen LogP contribution in [0.15, 0.2) is 32.5 Å². The van der Waals surface area contributed by atoms with Crippen LogP contribution in [0, 0.1) is 0 Å². The van der Waals surface area contributed by atoms with E-state index in [2.05, 4.69) is 39.6 Å². The molecule has 0 saturated heterocycles. The molecule has 0 amide bonds. The van der Waals surface area contributed by atoms with Crippen LogP contribution in [-0.4, -0.2) is 6.54 Å². The Balaban J connectivity index is 2.15. The fraction of sp³-hybridized carbons (Fsp3) is 0.333. The summed E-state index contributed by atoms with van der Waals surface area (Å²) in [5.74, 6) is 0.886. The number of rotatable bonds is 5. The molecule has 0 saturated carbocycles. The van der Waals surface area contributed by atoms with Crippen LogP contribution in [0.1, 0.15) is 23.6 Å². The zero-order chi connectivity index (χ0) is 12.3. The molecule has 92 valence electrons. The van der Waals surface area contributed by atoms with Crippen molar-refractivity contribution in [2.24, 2.45) is 0 Å². The highest BCUT2D eigenvalue weighted by Gasteiger charge is 2.17. The van der Waals surface area contributed by atoms with Gasteiger partial charge in [-0.05, 0) is 57.7 Å². The first-order valence-electron chi connectivity index (χ1n) is 5.41. The van der Waals surface area contributed by atoms with E-state index in [9.17, 15) is 0 Å². The Labute approximate surface area is 118 Å². The molecule has 1 N–H and O–H groups in total. The first-order chi connectivity index (χ1) is 8.20. The molecule has 2 heterocycles. The minimum absolute atomic E-state index is 0.169. The second-order valence-corrected chi connectivity index (χ2v) is 5.88. The van der Waals surface area contributed by atoms with Crippen LogP contribution >= 0.6 is 38.9 Å². The van der Waals surface area contributed by atoms with E-state index in [1.165, 1.54) is 4.88 Å². The summed E-state index contributed by atoms with van der Waals surface area (Å²) in [4.78, 5) is 1.31. The first-order valence-corrected chi connectivity index (χ1v) is 7.46. The lowest BCUT2D eigenvalue weighted by molar-refractivity contribution is 0.418. The van der Waals surface area contributed by atoms with Gasteiger partial charge in [0, 0.05) is 15.8 Å². The summed E-state index contributed by atoms with van der Waals surface area (Å²) < 4.78 is 6.63. The predicted octanol–water partition coefficient (Wildman–Crippen LogP) is 4.65. The molecule has 0 spiro atoms. The second-order valence-electron chi connectivity index (χ2n) is 3.65. The van der Waals surface area contributed by atoms with Crippen LogP contribution in [-0.2, 0) is 6.42 Å². The normalized spacial score (nSPS) is 12.9. The van der Waals surface area contributed by atoms with E-state index in [4.69, 9.17) is 16.0 Å². The summed E-state index contributed by atoms with van der Waals surface area (Å²) in [6.45, 7) is 2.98. The highest BCUT2D eigenvalue weighted by molar-refractivity contribution is 9.10. The maximum absolute atomic E-state index is 5.82. The molecule has 0 fully saturated rings. The summed E-state index contributed by atoms with van der Waals surface area (Å²) in [7, 11) is 0. The summed E-state index contributed by atoms with van der Waals surface area (Å²) >= 11 is 11.1. The van der Waals surface area contributed by atoms with E-state index in [1.807, 2.05) is 6.07 Å². The van der Waals surface area contributed by atoms with E-state index < -0.39 is 0 Å². The minimum atomic E-state index is 0.169. The van der Waals surface area contributed by atoms with Crippen LogP contribution in [0.5, 0.6) is 0 Å². The predicted molar refractivity (Wildman–Crippen MR) is 75.9 cm³/mol. The highest BCUT2D eigenvalue weighted by atomic mass is 79.9. The lowest BCUT2D eigenvalue weighted by Crippen LogP contribution is -2.22. The number of hydrogen-bond acceptors (Lipinski definition) is 3. The highest BCUT2D eigenvalue weighted by Crippen LogP contribution is 2.29. The summed E-state index contributed by atoms with van der Waals surface area (Å²) in [6, 6.07) is 5.95. The topological polar surface area (TPSA) is 25.2 Å². The molecule has 2 aromatic heterocycles. The quantitative estimate of drug-likeness (QED) is 0.861. The molecule has 0 aliphatic carbocycles. The van der Waals surface area contributed by atoms with Crippen molar-refractivity contribution in [1.82, 2.24) is 5.32 Å². The summed E-state index contributed by atoms with van der Waals surface area (Å²) in [5.41, 5.74) is 0. The number of hydrogen-bond donors (Lipinski definition) is 1. The zero-order valence-corrected chi connectivity index (χ0v) is 12.5. The number of furan rings is 1. The molecule has 17 heavy (non-hydrogen) atoms. The number of likely N-dealkylation sites (N-methyl/N-ethyl adjacent to an activating group) is 1. The van der Waals surface area contributed by atoms with Crippen molar-refractivity contribution >= 4 is 38.9 Å². The second kappa shape index (κ2) is 6.05. The van der Waals surface area contributed by atoms with Crippen LogP contribution in [0.25, 0.3) is 0 Å². The molecule has 5 heteroatoms. The van der Waals surface area contributed by atoms with Crippen LogP contribution in [0.2, 0.25) is 5.22 Å². The van der Waals surface area contributed by atoms with Crippen LogP contribution in [0.3, 0.4) is 0 Å². The largest absolute Gasteiger partial charge is 0.448 e. The molecule has 0 bridgehead atoms. The van der Waals surface area contributed by atoms with E-state index in [0.29, 0.717) is 5.22 Å². The van der Waals surface area contributed by atoms with Crippen molar-refractivity contribution < 1.29 is 4.42 Å². The Morgan fingerprint density at radius 3 is 2.82 bits per heavy atom. The van der Waals surface area contributed by atoms with E-state index >= 15 is 0 Å². The molecule has 2 nitrogen and oxygen atoms in total.